The van der Waals surface area contributed by atoms with Gasteiger partial charge in [0.15, 0.2) is 10.9 Å². The number of fused-ring (bicyclic) bond motifs is 1. The molecule has 1 aliphatic carbocycles. The smallest absolute Gasteiger partial charge is 0.378 e. The first-order chi connectivity index (χ1) is 28.9. The van der Waals surface area contributed by atoms with Crippen molar-refractivity contribution in [2.75, 3.05) is 34.8 Å². The fourth-order valence-corrected chi connectivity index (χ4v) is 10.5. The average molecular weight is 863 g/mol. The highest BCUT2D eigenvalue weighted by molar-refractivity contribution is 7.80. The van der Waals surface area contributed by atoms with Gasteiger partial charge in [0.1, 0.15) is 11.3 Å². The number of alkyl halides is 3. The van der Waals surface area contributed by atoms with Gasteiger partial charge in [0.05, 0.1) is 53.2 Å². The Hall–Kier alpha value is -4.92. The van der Waals surface area contributed by atoms with Gasteiger partial charge in [-0.2, -0.15) is 23.5 Å². The Morgan fingerprint density at radius 1 is 1.07 bits per heavy atom. The average Bonchev–Trinajstić information content (AvgIpc) is 3.62. The zero-order chi connectivity index (χ0) is 44.0. The number of ether oxygens (including phenoxy) is 1. The summed E-state index contributed by atoms with van der Waals surface area (Å²) in [4.78, 5) is 58.4. The third kappa shape index (κ3) is 8.90. The van der Waals surface area contributed by atoms with Crippen molar-refractivity contribution >= 4 is 68.9 Å². The van der Waals surface area contributed by atoms with E-state index in [9.17, 15) is 37.6 Å². The van der Waals surface area contributed by atoms with Crippen LogP contribution in [0.1, 0.15) is 103 Å². The summed E-state index contributed by atoms with van der Waals surface area (Å²) < 4.78 is 49.3. The maximum atomic E-state index is 13.8. The minimum Gasteiger partial charge on any atom is -0.378 e. The van der Waals surface area contributed by atoms with E-state index in [0.29, 0.717) is 29.5 Å². The summed E-state index contributed by atoms with van der Waals surface area (Å²) in [7, 11) is 1.77. The van der Waals surface area contributed by atoms with Crippen molar-refractivity contribution in [1.82, 2.24) is 19.6 Å². The summed E-state index contributed by atoms with van der Waals surface area (Å²) in [6, 6.07) is 10.6. The monoisotopic (exact) mass is 862 g/mol. The number of carbonyl (C=O) groups excluding carboxylic acids is 4. The van der Waals surface area contributed by atoms with Crippen LogP contribution < -0.4 is 15.1 Å². The predicted molar refractivity (Wildman–Crippen MR) is 228 cm³/mol. The second kappa shape index (κ2) is 17.5. The fourth-order valence-electron chi connectivity index (χ4n) is 9.89. The standard InChI is InChI=1S/C44H53F3N8O5S/c1-26-20-33(21-27(2)53(26)25-37(57)49-36-10-6-9-34-39(36)51(5)50-40(34)52-18-17-32(56)23-38(52)58)60-19-7-8-28-11-14-30(15-12-28)55-42(61)54(41(59)43(55,3)4)31-16-13-29(24-48)35(22-31)44(45,46)47/h6,9-10,13,16,22,26-28,30,33H,7-8,11-12,14-15,17-21,23,25H2,1-5H3,(H,49,57)/t26-,27+,28?,30?,33?. The Balaban J connectivity index is 0.861. The van der Waals surface area contributed by atoms with E-state index in [2.05, 4.69) is 29.2 Å². The molecule has 7 rings (SSSR count). The molecule has 4 fully saturated rings. The van der Waals surface area contributed by atoms with E-state index in [1.165, 1.54) is 11.0 Å². The largest absolute Gasteiger partial charge is 0.417 e. The lowest BCUT2D eigenvalue weighted by molar-refractivity contribution is -0.138. The highest BCUT2D eigenvalue weighted by atomic mass is 32.1. The highest BCUT2D eigenvalue weighted by Crippen LogP contribution is 2.42. The molecule has 13 nitrogen and oxygen atoms in total. The number of ketones is 1. The third-order valence-electron chi connectivity index (χ3n) is 13.0. The lowest BCUT2D eigenvalue weighted by atomic mass is 9.82. The second-order valence-electron chi connectivity index (χ2n) is 17.6. The lowest BCUT2D eigenvalue weighted by Crippen LogP contribution is -2.51. The molecule has 1 saturated carbocycles. The number of aromatic nitrogens is 2. The molecule has 3 saturated heterocycles. The van der Waals surface area contributed by atoms with Crippen molar-refractivity contribution in [1.29, 1.82) is 5.26 Å². The maximum absolute atomic E-state index is 13.8. The number of nitrogens with one attached hydrogen (secondary N) is 1. The van der Waals surface area contributed by atoms with Gasteiger partial charge in [-0.1, -0.05) is 6.07 Å². The van der Waals surface area contributed by atoms with Crippen molar-refractivity contribution in [2.24, 2.45) is 13.0 Å². The van der Waals surface area contributed by atoms with Gasteiger partial charge in [0.2, 0.25) is 11.8 Å². The van der Waals surface area contributed by atoms with Crippen LogP contribution in [-0.4, -0.2) is 97.7 Å². The van der Waals surface area contributed by atoms with Gasteiger partial charge in [0, 0.05) is 50.1 Å². The Labute approximate surface area is 359 Å². The van der Waals surface area contributed by atoms with Gasteiger partial charge in [-0.25, -0.2) is 0 Å². The van der Waals surface area contributed by atoms with E-state index in [0.717, 1.165) is 68.9 Å². The molecule has 3 amide bonds. The molecule has 1 unspecified atom stereocenters. The Morgan fingerprint density at radius 2 is 1.77 bits per heavy atom. The number of halogens is 3. The molecule has 3 aliphatic heterocycles. The molecule has 4 heterocycles. The molecule has 3 atom stereocenters. The third-order valence-corrected chi connectivity index (χ3v) is 13.4. The van der Waals surface area contributed by atoms with E-state index in [1.54, 1.807) is 36.5 Å². The lowest BCUT2D eigenvalue weighted by Gasteiger charge is -2.42. The summed E-state index contributed by atoms with van der Waals surface area (Å²) in [6.45, 7) is 8.89. The molecule has 17 heteroatoms. The first-order valence-electron chi connectivity index (χ1n) is 21.1. The van der Waals surface area contributed by atoms with E-state index in [-0.39, 0.29) is 78.6 Å². The Bertz CT molecular complexity index is 2250. The van der Waals surface area contributed by atoms with Crippen molar-refractivity contribution in [3.8, 4) is 6.07 Å². The summed E-state index contributed by atoms with van der Waals surface area (Å²) >= 11 is 5.77. The number of hydrogen-bond acceptors (Lipinski definition) is 9. The van der Waals surface area contributed by atoms with Gasteiger partial charge in [0.25, 0.3) is 5.91 Å². The SMILES string of the molecule is C[C@@H]1CC(OCCCC2CCC(N3C(=S)N(c4ccc(C#N)c(C(F)(F)F)c4)C(=O)C3(C)C)CC2)C[C@H](C)N1CC(=O)Nc1cccc2c(N3CCC(=O)CC3=O)nn(C)c12. The second-order valence-corrected chi connectivity index (χ2v) is 17.9. The number of para-hydroxylation sites is 1. The molecule has 3 aromatic rings. The van der Waals surface area contributed by atoms with Crippen molar-refractivity contribution in [2.45, 2.75) is 128 Å². The zero-order valence-electron chi connectivity index (χ0n) is 35.3. The normalized spacial score (nSPS) is 25.1. The maximum Gasteiger partial charge on any atom is 0.417 e. The summed E-state index contributed by atoms with van der Waals surface area (Å²) in [6.07, 6.45) is 2.48. The molecule has 326 valence electrons. The summed E-state index contributed by atoms with van der Waals surface area (Å²) in [5.74, 6) is 0.0826. The number of piperidine rings is 2. The number of Topliss-reactive ketones (excluding diaryl/α,β-unsaturated/α-hetero) is 1. The zero-order valence-corrected chi connectivity index (χ0v) is 36.1. The van der Waals surface area contributed by atoms with Gasteiger partial charge in [-0.15, -0.1) is 0 Å². The molecule has 0 spiro atoms. The number of anilines is 3. The Morgan fingerprint density at radius 3 is 2.43 bits per heavy atom. The van der Waals surface area contributed by atoms with E-state index in [4.69, 9.17) is 17.0 Å². The number of nitriles is 1. The minimum atomic E-state index is -4.76. The highest BCUT2D eigenvalue weighted by Gasteiger charge is 2.52. The number of benzene rings is 2. The molecule has 2 aromatic carbocycles. The molecule has 4 aliphatic rings. The summed E-state index contributed by atoms with van der Waals surface area (Å²) in [5.41, 5.74) is -1.33. The molecule has 1 aromatic heterocycles. The van der Waals surface area contributed by atoms with E-state index < -0.39 is 28.7 Å². The summed E-state index contributed by atoms with van der Waals surface area (Å²) in [5, 5.41) is 17.8. The van der Waals surface area contributed by atoms with Gasteiger partial charge >= 0.3 is 6.18 Å². The van der Waals surface area contributed by atoms with Crippen molar-refractivity contribution < 1.29 is 37.1 Å². The topological polar surface area (TPSA) is 144 Å². The number of rotatable bonds is 11. The Kier molecular flexibility index (Phi) is 12.6. The van der Waals surface area contributed by atoms with Crippen LogP contribution in [0.5, 0.6) is 0 Å². The van der Waals surface area contributed by atoms with Crippen LogP contribution >= 0.6 is 12.2 Å². The molecular formula is C44H53F3N8O5S. The fraction of sp³-hybridized carbons (Fsp3) is 0.568. The van der Waals surface area contributed by atoms with Crippen LogP contribution in [0.25, 0.3) is 10.9 Å². The van der Waals surface area contributed by atoms with Crippen LogP contribution in [-0.2, 0) is 37.1 Å². The van der Waals surface area contributed by atoms with Gasteiger partial charge in [-0.05, 0) is 128 Å². The number of nitrogens with zero attached hydrogens (tertiary/aromatic N) is 7. The molecule has 1 N–H and O–H groups in total. The molecule has 61 heavy (non-hydrogen) atoms. The number of aryl methyl sites for hydroxylation is 1. The number of amides is 3. The number of carbonyl (C=O) groups is 4. The number of hydrogen-bond donors (Lipinski definition) is 1. The number of likely N-dealkylation sites (tertiary alicyclic amines) is 1. The van der Waals surface area contributed by atoms with Crippen LogP contribution in [0, 0.1) is 17.2 Å². The first kappa shape index (κ1) is 44.1. The van der Waals surface area contributed by atoms with Crippen molar-refractivity contribution in [3.05, 3.63) is 47.5 Å². The number of thiocarbonyl (C=S) groups is 1. The van der Waals surface area contributed by atoms with Gasteiger partial charge in [-0.3, -0.25) is 38.6 Å². The minimum absolute atomic E-state index is 0.00495. The van der Waals surface area contributed by atoms with E-state index in [1.807, 2.05) is 23.1 Å². The van der Waals surface area contributed by atoms with Crippen LogP contribution in [0.15, 0.2) is 36.4 Å². The molecular weight excluding hydrogens is 810 g/mol. The van der Waals surface area contributed by atoms with Crippen LogP contribution in [0.2, 0.25) is 0 Å². The van der Waals surface area contributed by atoms with Crippen molar-refractivity contribution in [3.63, 3.8) is 0 Å². The van der Waals surface area contributed by atoms with Gasteiger partial charge < -0.3 is 15.0 Å². The van der Waals surface area contributed by atoms with Crippen LogP contribution in [0.3, 0.4) is 0 Å². The predicted octanol–water partition coefficient (Wildman–Crippen LogP) is 7.11. The quantitative estimate of drug-likeness (QED) is 0.120. The van der Waals surface area contributed by atoms with E-state index >= 15 is 0 Å². The van der Waals surface area contributed by atoms with Crippen LogP contribution in [0.4, 0.5) is 30.4 Å². The molecule has 0 bridgehead atoms. The molecule has 0 radical (unpaired) electrons. The first-order valence-corrected chi connectivity index (χ1v) is 21.5.